The summed E-state index contributed by atoms with van der Waals surface area (Å²) in [4.78, 5) is 28.8. The fraction of sp³-hybridized carbons (Fsp3) is 0.435. The summed E-state index contributed by atoms with van der Waals surface area (Å²) in [5.74, 6) is 1.23. The maximum absolute atomic E-state index is 13.4. The molecule has 32 heavy (non-hydrogen) atoms. The van der Waals surface area contributed by atoms with Crippen molar-refractivity contribution in [2.45, 2.75) is 25.3 Å². The molecule has 1 aliphatic carbocycles. The average Bonchev–Trinajstić information content (AvgIpc) is 3.21. The largest absolute Gasteiger partial charge is 0.454 e. The molecular weight excluding hydrogens is 430 g/mol. The summed E-state index contributed by atoms with van der Waals surface area (Å²) in [5.41, 5.74) is 1.79. The summed E-state index contributed by atoms with van der Waals surface area (Å²) in [6.07, 6.45) is 2.38. The topological polar surface area (TPSA) is 80.7 Å². The quantitative estimate of drug-likeness (QED) is 0.611. The van der Waals surface area contributed by atoms with Gasteiger partial charge in [-0.15, -0.1) is 11.3 Å². The highest BCUT2D eigenvalue weighted by molar-refractivity contribution is 7.12. The SMILES string of the molecule is COCCN(CC(=O)N1N=C(c2cccs2)C[C@H]1c1ccc2c(c1)OCO2)C(=O)C1CC1. The Morgan fingerprint density at radius 1 is 1.25 bits per heavy atom. The Balaban J connectivity index is 1.40. The summed E-state index contributed by atoms with van der Waals surface area (Å²) in [6, 6.07) is 9.44. The van der Waals surface area contributed by atoms with Crippen molar-refractivity contribution < 1.29 is 23.8 Å². The van der Waals surface area contributed by atoms with Crippen molar-refractivity contribution in [1.82, 2.24) is 9.91 Å². The molecule has 0 saturated heterocycles. The van der Waals surface area contributed by atoms with Crippen LogP contribution in [-0.2, 0) is 14.3 Å². The minimum absolute atomic E-state index is 0.0129. The van der Waals surface area contributed by atoms with E-state index in [1.165, 1.54) is 5.01 Å². The van der Waals surface area contributed by atoms with Crippen LogP contribution < -0.4 is 9.47 Å². The van der Waals surface area contributed by atoms with Gasteiger partial charge < -0.3 is 19.1 Å². The van der Waals surface area contributed by atoms with Crippen molar-refractivity contribution in [2.24, 2.45) is 11.0 Å². The van der Waals surface area contributed by atoms with Gasteiger partial charge in [-0.3, -0.25) is 9.59 Å². The number of nitrogens with zero attached hydrogens (tertiary/aromatic N) is 3. The van der Waals surface area contributed by atoms with Crippen LogP contribution in [0.25, 0.3) is 0 Å². The molecule has 0 spiro atoms. The summed E-state index contributed by atoms with van der Waals surface area (Å²) in [6.45, 7) is 0.963. The molecule has 168 valence electrons. The molecule has 3 heterocycles. The Labute approximate surface area is 190 Å². The lowest BCUT2D eigenvalue weighted by Gasteiger charge is -2.27. The Morgan fingerprint density at radius 3 is 2.84 bits per heavy atom. The number of carbonyl (C=O) groups excluding carboxylic acids is 2. The van der Waals surface area contributed by atoms with Gasteiger partial charge in [0.05, 0.1) is 23.2 Å². The highest BCUT2D eigenvalue weighted by Gasteiger charge is 2.38. The van der Waals surface area contributed by atoms with Crippen LogP contribution in [0.4, 0.5) is 0 Å². The van der Waals surface area contributed by atoms with Crippen LogP contribution in [0.15, 0.2) is 40.8 Å². The summed E-state index contributed by atoms with van der Waals surface area (Å²) < 4.78 is 16.1. The van der Waals surface area contributed by atoms with Crippen molar-refractivity contribution >= 4 is 28.9 Å². The molecule has 0 bridgehead atoms. The maximum Gasteiger partial charge on any atom is 0.262 e. The van der Waals surface area contributed by atoms with E-state index in [-0.39, 0.29) is 37.1 Å². The Kier molecular flexibility index (Phi) is 5.84. The van der Waals surface area contributed by atoms with Gasteiger partial charge in [0.25, 0.3) is 5.91 Å². The van der Waals surface area contributed by atoms with Crippen LogP contribution in [0.5, 0.6) is 11.5 Å². The molecule has 5 rings (SSSR count). The molecule has 2 amide bonds. The smallest absolute Gasteiger partial charge is 0.262 e. The van der Waals surface area contributed by atoms with Crippen LogP contribution >= 0.6 is 11.3 Å². The number of thiophene rings is 1. The standard InChI is InChI=1S/C23H25N3O5S/c1-29-9-8-25(23(28)15-4-5-15)13-22(27)26-18(12-17(24-26)21-3-2-10-32-21)16-6-7-19-20(11-16)31-14-30-19/h2-3,6-7,10-11,15,18H,4-5,8-9,12-14H2,1H3/t18-/m0/s1. The van der Waals surface area contributed by atoms with Crippen molar-refractivity contribution in [2.75, 3.05) is 33.6 Å². The molecule has 0 radical (unpaired) electrons. The van der Waals surface area contributed by atoms with Gasteiger partial charge in [-0.25, -0.2) is 5.01 Å². The fourth-order valence-corrected chi connectivity index (χ4v) is 4.73. The normalized spacial score (nSPS) is 19.2. The predicted molar refractivity (Wildman–Crippen MR) is 119 cm³/mol. The zero-order valence-electron chi connectivity index (χ0n) is 17.9. The first-order valence-electron chi connectivity index (χ1n) is 10.7. The van der Waals surface area contributed by atoms with E-state index < -0.39 is 0 Å². The van der Waals surface area contributed by atoms with Crippen molar-refractivity contribution in [3.8, 4) is 11.5 Å². The Bertz CT molecular complexity index is 1030. The van der Waals surface area contributed by atoms with Crippen LogP contribution in [0, 0.1) is 5.92 Å². The van der Waals surface area contributed by atoms with Crippen molar-refractivity contribution in [3.63, 3.8) is 0 Å². The van der Waals surface area contributed by atoms with Gasteiger partial charge in [0, 0.05) is 26.0 Å². The lowest BCUT2D eigenvalue weighted by atomic mass is 10.0. The number of benzene rings is 1. The first-order chi connectivity index (χ1) is 15.6. The van der Waals surface area contributed by atoms with Gasteiger partial charge in [0.1, 0.15) is 6.54 Å². The Morgan fingerprint density at radius 2 is 2.09 bits per heavy atom. The van der Waals surface area contributed by atoms with E-state index in [4.69, 9.17) is 19.3 Å². The van der Waals surface area contributed by atoms with Gasteiger partial charge in [-0.1, -0.05) is 12.1 Å². The number of amides is 2. The third-order valence-electron chi connectivity index (χ3n) is 5.88. The van der Waals surface area contributed by atoms with E-state index in [1.54, 1.807) is 23.3 Å². The molecule has 3 aliphatic rings. The highest BCUT2D eigenvalue weighted by atomic mass is 32.1. The number of rotatable bonds is 8. The number of fused-ring (bicyclic) bond motifs is 1. The third-order valence-corrected chi connectivity index (χ3v) is 6.80. The summed E-state index contributed by atoms with van der Waals surface area (Å²) >= 11 is 1.60. The monoisotopic (exact) mass is 455 g/mol. The minimum atomic E-state index is -0.269. The van der Waals surface area contributed by atoms with E-state index in [0.717, 1.165) is 29.0 Å². The Hall–Kier alpha value is -2.91. The van der Waals surface area contributed by atoms with Crippen LogP contribution in [0.2, 0.25) is 0 Å². The first kappa shape index (κ1) is 21.0. The molecule has 1 aromatic heterocycles. The summed E-state index contributed by atoms with van der Waals surface area (Å²) in [5, 5.41) is 8.24. The third kappa shape index (κ3) is 4.22. The first-order valence-corrected chi connectivity index (χ1v) is 11.6. The van der Waals surface area contributed by atoms with E-state index in [1.807, 2.05) is 35.7 Å². The zero-order chi connectivity index (χ0) is 22.1. The second-order valence-electron chi connectivity index (χ2n) is 8.12. The zero-order valence-corrected chi connectivity index (χ0v) is 18.7. The number of methoxy groups -OCH3 is 1. The van der Waals surface area contributed by atoms with Crippen LogP contribution in [0.3, 0.4) is 0 Å². The highest BCUT2D eigenvalue weighted by Crippen LogP contribution is 2.39. The van der Waals surface area contributed by atoms with Gasteiger partial charge in [-0.05, 0) is 42.0 Å². The fourth-order valence-electron chi connectivity index (χ4n) is 4.00. The summed E-state index contributed by atoms with van der Waals surface area (Å²) in [7, 11) is 1.59. The lowest BCUT2D eigenvalue weighted by molar-refractivity contribution is -0.142. The molecule has 8 nitrogen and oxygen atoms in total. The second-order valence-corrected chi connectivity index (χ2v) is 9.07. The minimum Gasteiger partial charge on any atom is -0.454 e. The molecule has 0 N–H and O–H groups in total. The van der Waals surface area contributed by atoms with E-state index in [9.17, 15) is 9.59 Å². The van der Waals surface area contributed by atoms with Gasteiger partial charge in [0.2, 0.25) is 12.7 Å². The van der Waals surface area contributed by atoms with Crippen molar-refractivity contribution in [3.05, 3.63) is 46.2 Å². The molecule has 9 heteroatoms. The number of carbonyl (C=O) groups is 2. The second kappa shape index (κ2) is 8.91. The lowest BCUT2D eigenvalue weighted by Crippen LogP contribution is -2.43. The van der Waals surface area contributed by atoms with Gasteiger partial charge >= 0.3 is 0 Å². The molecular formula is C23H25N3O5S. The average molecular weight is 456 g/mol. The molecule has 2 aromatic rings. The maximum atomic E-state index is 13.4. The molecule has 1 aromatic carbocycles. The number of hydrazone groups is 1. The number of hydrogen-bond acceptors (Lipinski definition) is 7. The number of ether oxygens (including phenoxy) is 3. The molecule has 1 fully saturated rings. The molecule has 1 atom stereocenters. The molecule has 2 aliphatic heterocycles. The van der Waals surface area contributed by atoms with E-state index in [0.29, 0.717) is 31.1 Å². The van der Waals surface area contributed by atoms with Gasteiger partial charge in [0.15, 0.2) is 11.5 Å². The molecule has 1 saturated carbocycles. The predicted octanol–water partition coefficient (Wildman–Crippen LogP) is 3.04. The van der Waals surface area contributed by atoms with Crippen molar-refractivity contribution in [1.29, 1.82) is 0 Å². The van der Waals surface area contributed by atoms with E-state index in [2.05, 4.69) is 0 Å². The number of hydrogen-bond donors (Lipinski definition) is 0. The van der Waals surface area contributed by atoms with E-state index >= 15 is 0 Å². The van der Waals surface area contributed by atoms with Crippen LogP contribution in [-0.4, -0.2) is 61.0 Å². The van der Waals surface area contributed by atoms with Gasteiger partial charge in [-0.2, -0.15) is 5.10 Å². The van der Waals surface area contributed by atoms with Crippen LogP contribution in [0.1, 0.15) is 35.7 Å². The molecule has 0 unspecified atom stereocenters.